The van der Waals surface area contributed by atoms with Crippen molar-refractivity contribution in [2.24, 2.45) is 0 Å². The molecular formula is C18H14N2O3S. The number of aryl methyl sites for hydroxylation is 1. The third-order valence-corrected chi connectivity index (χ3v) is 3.59. The summed E-state index contributed by atoms with van der Waals surface area (Å²) >= 11 is 5.17. The van der Waals surface area contributed by atoms with Gasteiger partial charge in [0.25, 0.3) is 5.91 Å². The molecule has 5 nitrogen and oxygen atoms in total. The predicted molar refractivity (Wildman–Crippen MR) is 97.3 cm³/mol. The summed E-state index contributed by atoms with van der Waals surface area (Å²) < 4.78 is 5.07. The van der Waals surface area contributed by atoms with E-state index < -0.39 is 5.63 Å². The highest BCUT2D eigenvalue weighted by Gasteiger charge is 2.08. The summed E-state index contributed by atoms with van der Waals surface area (Å²) in [6.45, 7) is 1.92. The fourth-order valence-electron chi connectivity index (χ4n) is 2.27. The van der Waals surface area contributed by atoms with Gasteiger partial charge < -0.3 is 9.73 Å². The number of carbonyl (C=O) groups excluding carboxylic acids is 1. The van der Waals surface area contributed by atoms with E-state index in [2.05, 4.69) is 10.6 Å². The molecule has 0 bridgehead atoms. The smallest absolute Gasteiger partial charge is 0.336 e. The van der Waals surface area contributed by atoms with Gasteiger partial charge in [-0.05, 0) is 55.5 Å². The molecule has 2 aromatic carbocycles. The zero-order chi connectivity index (χ0) is 17.1. The van der Waals surface area contributed by atoms with Crippen molar-refractivity contribution >= 4 is 39.9 Å². The van der Waals surface area contributed by atoms with Crippen molar-refractivity contribution in [1.82, 2.24) is 5.32 Å². The molecule has 120 valence electrons. The Bertz CT molecular complexity index is 995. The van der Waals surface area contributed by atoms with Gasteiger partial charge in [-0.2, -0.15) is 0 Å². The van der Waals surface area contributed by atoms with Gasteiger partial charge in [0.15, 0.2) is 5.11 Å². The highest BCUT2D eigenvalue weighted by atomic mass is 32.1. The molecule has 1 heterocycles. The SMILES string of the molecule is Cc1cccc(C(=O)NC(=S)Nc2ccc3oc(=O)ccc3c2)c1. The van der Waals surface area contributed by atoms with Crippen LogP contribution in [0, 0.1) is 6.92 Å². The Morgan fingerprint density at radius 1 is 1.08 bits per heavy atom. The van der Waals surface area contributed by atoms with Crippen LogP contribution in [-0.4, -0.2) is 11.0 Å². The van der Waals surface area contributed by atoms with Gasteiger partial charge in [-0.15, -0.1) is 0 Å². The molecule has 24 heavy (non-hydrogen) atoms. The molecule has 0 fully saturated rings. The summed E-state index contributed by atoms with van der Waals surface area (Å²) in [5.41, 5.74) is 2.31. The van der Waals surface area contributed by atoms with Gasteiger partial charge in [0, 0.05) is 22.7 Å². The van der Waals surface area contributed by atoms with Gasteiger partial charge in [-0.1, -0.05) is 17.7 Å². The van der Waals surface area contributed by atoms with Crippen LogP contribution in [0.15, 0.2) is 63.8 Å². The Balaban J connectivity index is 1.71. The zero-order valence-corrected chi connectivity index (χ0v) is 13.6. The largest absolute Gasteiger partial charge is 0.423 e. The second kappa shape index (κ2) is 6.64. The summed E-state index contributed by atoms with van der Waals surface area (Å²) in [7, 11) is 0. The van der Waals surface area contributed by atoms with E-state index in [1.54, 1.807) is 36.4 Å². The topological polar surface area (TPSA) is 71.3 Å². The summed E-state index contributed by atoms with van der Waals surface area (Å²) in [6.07, 6.45) is 0. The van der Waals surface area contributed by atoms with E-state index in [9.17, 15) is 9.59 Å². The van der Waals surface area contributed by atoms with Crippen LogP contribution in [0.2, 0.25) is 0 Å². The van der Waals surface area contributed by atoms with Crippen LogP contribution in [0.3, 0.4) is 0 Å². The Kier molecular flexibility index (Phi) is 4.39. The van der Waals surface area contributed by atoms with Crippen LogP contribution in [0.1, 0.15) is 15.9 Å². The lowest BCUT2D eigenvalue weighted by Crippen LogP contribution is -2.34. The van der Waals surface area contributed by atoms with Gasteiger partial charge in [0.2, 0.25) is 0 Å². The Labute approximate surface area is 143 Å². The molecule has 0 radical (unpaired) electrons. The first kappa shape index (κ1) is 15.9. The third kappa shape index (κ3) is 3.67. The third-order valence-electron chi connectivity index (χ3n) is 3.38. The van der Waals surface area contributed by atoms with Crippen molar-refractivity contribution in [2.45, 2.75) is 6.92 Å². The molecule has 1 amide bonds. The van der Waals surface area contributed by atoms with Crippen molar-refractivity contribution in [1.29, 1.82) is 0 Å². The van der Waals surface area contributed by atoms with E-state index in [1.807, 2.05) is 19.1 Å². The van der Waals surface area contributed by atoms with Gasteiger partial charge in [0.05, 0.1) is 0 Å². The predicted octanol–water partition coefficient (Wildman–Crippen LogP) is 3.23. The first-order valence-electron chi connectivity index (χ1n) is 7.24. The fraction of sp³-hybridized carbons (Fsp3) is 0.0556. The standard InChI is InChI=1S/C18H14N2O3S/c1-11-3-2-4-13(9-11)17(22)20-18(24)19-14-6-7-15-12(10-14)5-8-16(21)23-15/h2-10H,1H3,(H2,19,20,22,24). The van der Waals surface area contributed by atoms with E-state index in [1.165, 1.54) is 6.07 Å². The van der Waals surface area contributed by atoms with Crippen molar-refractivity contribution in [3.8, 4) is 0 Å². The Morgan fingerprint density at radius 3 is 2.71 bits per heavy atom. The highest BCUT2D eigenvalue weighted by molar-refractivity contribution is 7.80. The fourth-order valence-corrected chi connectivity index (χ4v) is 2.48. The first-order chi connectivity index (χ1) is 11.5. The molecule has 3 aromatic rings. The van der Waals surface area contributed by atoms with E-state index in [0.717, 1.165) is 10.9 Å². The van der Waals surface area contributed by atoms with Gasteiger partial charge in [0.1, 0.15) is 5.58 Å². The lowest BCUT2D eigenvalue weighted by atomic mass is 10.1. The van der Waals surface area contributed by atoms with Crippen molar-refractivity contribution in [2.75, 3.05) is 5.32 Å². The number of amides is 1. The number of hydrogen-bond acceptors (Lipinski definition) is 4. The Hall–Kier alpha value is -2.99. The molecule has 0 aliphatic carbocycles. The van der Waals surface area contributed by atoms with Crippen LogP contribution >= 0.6 is 12.2 Å². The molecule has 0 saturated heterocycles. The maximum absolute atomic E-state index is 12.2. The number of carbonyl (C=O) groups is 1. The molecule has 6 heteroatoms. The Morgan fingerprint density at radius 2 is 1.92 bits per heavy atom. The highest BCUT2D eigenvalue weighted by Crippen LogP contribution is 2.17. The first-order valence-corrected chi connectivity index (χ1v) is 7.65. The second-order valence-corrected chi connectivity index (χ2v) is 5.69. The minimum atomic E-state index is -0.399. The lowest BCUT2D eigenvalue weighted by molar-refractivity contribution is 0.0977. The monoisotopic (exact) mass is 338 g/mol. The van der Waals surface area contributed by atoms with Gasteiger partial charge in [-0.3, -0.25) is 10.1 Å². The molecule has 0 spiro atoms. The van der Waals surface area contributed by atoms with Crippen molar-refractivity contribution in [3.63, 3.8) is 0 Å². The maximum Gasteiger partial charge on any atom is 0.336 e. The molecule has 1 aromatic heterocycles. The molecule has 2 N–H and O–H groups in total. The molecule has 0 aliphatic rings. The summed E-state index contributed by atoms with van der Waals surface area (Å²) in [5.74, 6) is -0.275. The normalized spacial score (nSPS) is 10.4. The lowest BCUT2D eigenvalue weighted by Gasteiger charge is -2.10. The molecule has 0 saturated carbocycles. The van der Waals surface area contributed by atoms with Crippen LogP contribution in [-0.2, 0) is 0 Å². The molecule has 0 aliphatic heterocycles. The number of benzene rings is 2. The van der Waals surface area contributed by atoms with E-state index in [0.29, 0.717) is 16.8 Å². The molecular weight excluding hydrogens is 324 g/mol. The second-order valence-electron chi connectivity index (χ2n) is 5.28. The van der Waals surface area contributed by atoms with Gasteiger partial charge in [-0.25, -0.2) is 4.79 Å². The minimum absolute atomic E-state index is 0.193. The number of fused-ring (bicyclic) bond motifs is 1. The number of rotatable bonds is 2. The number of hydrogen-bond donors (Lipinski definition) is 2. The van der Waals surface area contributed by atoms with Gasteiger partial charge >= 0.3 is 5.63 Å². The van der Waals surface area contributed by atoms with Crippen LogP contribution in [0.25, 0.3) is 11.0 Å². The van der Waals surface area contributed by atoms with Crippen LogP contribution in [0.4, 0.5) is 5.69 Å². The summed E-state index contributed by atoms with van der Waals surface area (Å²) in [5, 5.41) is 6.53. The average molecular weight is 338 g/mol. The number of thiocarbonyl (C=S) groups is 1. The molecule has 3 rings (SSSR count). The quantitative estimate of drug-likeness (QED) is 0.554. The summed E-state index contributed by atoms with van der Waals surface area (Å²) in [6, 6.07) is 15.4. The van der Waals surface area contributed by atoms with E-state index in [4.69, 9.17) is 16.6 Å². The number of nitrogens with one attached hydrogen (secondary N) is 2. The summed E-state index contributed by atoms with van der Waals surface area (Å²) in [4.78, 5) is 23.3. The van der Waals surface area contributed by atoms with E-state index in [-0.39, 0.29) is 11.0 Å². The van der Waals surface area contributed by atoms with Crippen LogP contribution in [0.5, 0.6) is 0 Å². The van der Waals surface area contributed by atoms with E-state index >= 15 is 0 Å². The van der Waals surface area contributed by atoms with Crippen molar-refractivity contribution < 1.29 is 9.21 Å². The maximum atomic E-state index is 12.2. The zero-order valence-electron chi connectivity index (χ0n) is 12.8. The van der Waals surface area contributed by atoms with Crippen LogP contribution < -0.4 is 16.3 Å². The molecule has 0 atom stereocenters. The molecule has 0 unspecified atom stereocenters. The minimum Gasteiger partial charge on any atom is -0.423 e. The average Bonchev–Trinajstić information content (AvgIpc) is 2.55. The van der Waals surface area contributed by atoms with Crippen molar-refractivity contribution in [3.05, 3.63) is 76.1 Å². The number of anilines is 1.